The maximum Gasteiger partial charge on any atom is 0.261 e. The van der Waals surface area contributed by atoms with E-state index in [-0.39, 0.29) is 11.9 Å². The highest BCUT2D eigenvalue weighted by molar-refractivity contribution is 5.96. The maximum atomic E-state index is 12.9. The van der Waals surface area contributed by atoms with E-state index in [0.717, 1.165) is 24.3 Å². The number of hydrogen-bond donors (Lipinski definition) is 1. The van der Waals surface area contributed by atoms with Crippen molar-refractivity contribution in [1.82, 2.24) is 20.4 Å². The van der Waals surface area contributed by atoms with Crippen molar-refractivity contribution in [2.45, 2.75) is 19.4 Å². The fourth-order valence-corrected chi connectivity index (χ4v) is 3.77. The Bertz CT molecular complexity index is 1090. The van der Waals surface area contributed by atoms with Crippen molar-refractivity contribution in [3.63, 3.8) is 0 Å². The largest absolute Gasteiger partial charge is 0.493 e. The van der Waals surface area contributed by atoms with E-state index in [1.54, 1.807) is 25.3 Å². The molecule has 1 aliphatic rings. The molecule has 2 aromatic heterocycles. The third kappa shape index (κ3) is 4.16. The van der Waals surface area contributed by atoms with Crippen molar-refractivity contribution >= 4 is 11.7 Å². The van der Waals surface area contributed by atoms with E-state index in [1.165, 1.54) is 21.3 Å². The van der Waals surface area contributed by atoms with Gasteiger partial charge in [-0.1, -0.05) is 5.16 Å². The average molecular weight is 439 g/mol. The molecule has 1 N–H and O–H groups in total. The number of anilines is 1. The first-order valence-corrected chi connectivity index (χ1v) is 10.2. The summed E-state index contributed by atoms with van der Waals surface area (Å²) in [6, 6.07) is 6.95. The molecule has 32 heavy (non-hydrogen) atoms. The quantitative estimate of drug-likeness (QED) is 0.593. The third-order valence-corrected chi connectivity index (χ3v) is 5.29. The molecule has 1 aliphatic heterocycles. The fourth-order valence-electron chi connectivity index (χ4n) is 3.77. The third-order valence-electron chi connectivity index (χ3n) is 5.29. The number of pyridine rings is 1. The predicted molar refractivity (Wildman–Crippen MR) is 116 cm³/mol. The van der Waals surface area contributed by atoms with Crippen molar-refractivity contribution < 1.29 is 23.5 Å². The number of nitrogens with zero attached hydrogens (tertiary/aromatic N) is 4. The molecule has 4 rings (SSSR count). The smallest absolute Gasteiger partial charge is 0.261 e. The van der Waals surface area contributed by atoms with Crippen molar-refractivity contribution in [3.05, 3.63) is 41.9 Å². The molecule has 168 valence electrons. The minimum atomic E-state index is -0.218. The van der Waals surface area contributed by atoms with Gasteiger partial charge in [-0.3, -0.25) is 4.79 Å². The first-order valence-electron chi connectivity index (χ1n) is 10.2. The Kier molecular flexibility index (Phi) is 6.11. The van der Waals surface area contributed by atoms with Gasteiger partial charge in [-0.25, -0.2) is 4.98 Å². The fraction of sp³-hybridized carbons (Fsp3) is 0.364. The van der Waals surface area contributed by atoms with Crippen molar-refractivity contribution in [3.8, 4) is 28.7 Å². The van der Waals surface area contributed by atoms with Gasteiger partial charge in [0.05, 0.1) is 26.9 Å². The lowest BCUT2D eigenvalue weighted by Crippen LogP contribution is -2.37. The molecule has 0 radical (unpaired) electrons. The van der Waals surface area contributed by atoms with Gasteiger partial charge in [0.2, 0.25) is 5.75 Å². The highest BCUT2D eigenvalue weighted by atomic mass is 16.5. The molecular formula is C22H25N5O5. The predicted octanol–water partition coefficient (Wildman–Crippen LogP) is 2.47. The molecule has 0 aliphatic carbocycles. The molecule has 3 heterocycles. The van der Waals surface area contributed by atoms with E-state index < -0.39 is 0 Å². The minimum Gasteiger partial charge on any atom is -0.493 e. The number of methoxy groups -OCH3 is 3. The van der Waals surface area contributed by atoms with Crippen LogP contribution in [0.25, 0.3) is 11.5 Å². The van der Waals surface area contributed by atoms with E-state index >= 15 is 0 Å². The van der Waals surface area contributed by atoms with E-state index in [9.17, 15) is 4.79 Å². The second-order valence-corrected chi connectivity index (χ2v) is 7.34. The molecular weight excluding hydrogens is 414 g/mol. The average Bonchev–Trinajstić information content (AvgIpc) is 3.46. The van der Waals surface area contributed by atoms with Gasteiger partial charge in [-0.05, 0) is 37.6 Å². The lowest BCUT2D eigenvalue weighted by molar-refractivity contribution is 0.0939. The molecule has 1 saturated heterocycles. The Morgan fingerprint density at radius 3 is 2.56 bits per heavy atom. The number of ether oxygens (including phenoxy) is 3. The van der Waals surface area contributed by atoms with Crippen LogP contribution in [0.1, 0.15) is 22.6 Å². The van der Waals surface area contributed by atoms with Gasteiger partial charge >= 0.3 is 0 Å². The number of hydrogen-bond acceptors (Lipinski definition) is 9. The summed E-state index contributed by atoms with van der Waals surface area (Å²) >= 11 is 0. The van der Waals surface area contributed by atoms with Crippen molar-refractivity contribution in [2.24, 2.45) is 0 Å². The van der Waals surface area contributed by atoms with E-state index in [4.69, 9.17) is 18.7 Å². The van der Waals surface area contributed by atoms with Crippen LogP contribution in [0.5, 0.6) is 17.2 Å². The van der Waals surface area contributed by atoms with E-state index in [2.05, 4.69) is 25.3 Å². The van der Waals surface area contributed by atoms with Gasteiger partial charge in [-0.15, -0.1) is 0 Å². The van der Waals surface area contributed by atoms with E-state index in [0.29, 0.717) is 41.1 Å². The summed E-state index contributed by atoms with van der Waals surface area (Å²) in [6.07, 6.45) is 2.50. The summed E-state index contributed by atoms with van der Waals surface area (Å²) in [4.78, 5) is 23.9. The molecule has 0 bridgehead atoms. The van der Waals surface area contributed by atoms with Crippen LogP contribution in [-0.2, 0) is 0 Å². The van der Waals surface area contributed by atoms with Crippen LogP contribution in [0.15, 0.2) is 35.0 Å². The Morgan fingerprint density at radius 2 is 1.94 bits per heavy atom. The molecule has 0 saturated carbocycles. The number of aromatic nitrogens is 3. The molecule has 10 nitrogen and oxygen atoms in total. The Labute approximate surface area is 185 Å². The summed E-state index contributed by atoms with van der Waals surface area (Å²) in [6.45, 7) is 3.11. The molecule has 1 aromatic carbocycles. The highest BCUT2D eigenvalue weighted by Gasteiger charge is 2.28. The zero-order chi connectivity index (χ0) is 22.7. The highest BCUT2D eigenvalue weighted by Crippen LogP contribution is 2.38. The summed E-state index contributed by atoms with van der Waals surface area (Å²) < 4.78 is 21.4. The maximum absolute atomic E-state index is 12.9. The van der Waals surface area contributed by atoms with Crippen LogP contribution in [0.3, 0.4) is 0 Å². The Morgan fingerprint density at radius 1 is 1.19 bits per heavy atom. The molecule has 3 aromatic rings. The van der Waals surface area contributed by atoms with Crippen molar-refractivity contribution in [2.75, 3.05) is 39.3 Å². The zero-order valence-electron chi connectivity index (χ0n) is 18.4. The lowest BCUT2D eigenvalue weighted by Gasteiger charge is -2.20. The monoisotopic (exact) mass is 439 g/mol. The van der Waals surface area contributed by atoms with Crippen LogP contribution in [-0.4, -0.2) is 61.5 Å². The number of benzene rings is 1. The van der Waals surface area contributed by atoms with Gasteiger partial charge in [0.25, 0.3) is 11.8 Å². The first kappa shape index (κ1) is 21.4. The standard InChI is InChI=1S/C22H25N5O5/c1-13-24-22(32-26-13)16-6-5-8-23-20(16)27-9-7-15(12-27)25-21(28)14-10-17(29-2)19(31-4)18(11-14)30-3/h5-6,8,10-11,15H,7,9,12H2,1-4H3,(H,25,28)/t15-/m1/s1. The van der Waals surface area contributed by atoms with Gasteiger partial charge in [0.15, 0.2) is 17.3 Å². The zero-order valence-corrected chi connectivity index (χ0v) is 18.4. The van der Waals surface area contributed by atoms with Crippen LogP contribution >= 0.6 is 0 Å². The van der Waals surface area contributed by atoms with Crippen LogP contribution in [0, 0.1) is 6.92 Å². The SMILES string of the molecule is COc1cc(C(=O)N[C@@H]2CCN(c3ncccc3-c3nc(C)no3)C2)cc(OC)c1OC. The summed E-state index contributed by atoms with van der Waals surface area (Å²) in [5.74, 6) is 2.82. The number of aryl methyl sites for hydroxylation is 1. The summed E-state index contributed by atoms with van der Waals surface area (Å²) in [5.41, 5.74) is 1.20. The Hall–Kier alpha value is -3.82. The molecule has 10 heteroatoms. The first-order chi connectivity index (χ1) is 15.5. The molecule has 1 atom stereocenters. The number of carbonyl (C=O) groups excluding carboxylic acids is 1. The number of nitrogens with one attached hydrogen (secondary N) is 1. The lowest BCUT2D eigenvalue weighted by atomic mass is 10.1. The van der Waals surface area contributed by atoms with Gasteiger partial charge in [0, 0.05) is 30.9 Å². The Balaban J connectivity index is 1.49. The van der Waals surface area contributed by atoms with Gasteiger partial charge < -0.3 is 29.0 Å². The molecule has 0 spiro atoms. The van der Waals surface area contributed by atoms with Crippen molar-refractivity contribution in [1.29, 1.82) is 0 Å². The number of carbonyl (C=O) groups is 1. The number of amides is 1. The normalized spacial score (nSPS) is 15.5. The topological polar surface area (TPSA) is 112 Å². The van der Waals surface area contributed by atoms with Gasteiger partial charge in [0.1, 0.15) is 5.82 Å². The van der Waals surface area contributed by atoms with E-state index in [1.807, 2.05) is 12.1 Å². The van der Waals surface area contributed by atoms with Crippen LogP contribution in [0.4, 0.5) is 5.82 Å². The van der Waals surface area contributed by atoms with Gasteiger partial charge in [-0.2, -0.15) is 4.98 Å². The van der Waals surface area contributed by atoms with Crippen LogP contribution in [0.2, 0.25) is 0 Å². The molecule has 1 fully saturated rings. The van der Waals surface area contributed by atoms with Crippen LogP contribution < -0.4 is 24.4 Å². The number of rotatable bonds is 7. The molecule has 1 amide bonds. The summed E-state index contributed by atoms with van der Waals surface area (Å²) in [5, 5.41) is 6.96. The minimum absolute atomic E-state index is 0.0548. The summed E-state index contributed by atoms with van der Waals surface area (Å²) in [7, 11) is 4.56. The second-order valence-electron chi connectivity index (χ2n) is 7.34. The second kappa shape index (κ2) is 9.13. The molecule has 0 unspecified atom stereocenters.